The third-order valence-corrected chi connectivity index (χ3v) is 6.45. The molecule has 0 saturated carbocycles. The maximum atomic E-state index is 13.6. The lowest BCUT2D eigenvalue weighted by Gasteiger charge is -2.30. The van der Waals surface area contributed by atoms with Crippen LogP contribution in [0.15, 0.2) is 60.7 Å². The van der Waals surface area contributed by atoms with Crippen LogP contribution in [0.5, 0.6) is 0 Å². The Morgan fingerprint density at radius 3 is 2.62 bits per heavy atom. The Hall–Kier alpha value is -2.96. The fourth-order valence-electron chi connectivity index (χ4n) is 4.62. The highest BCUT2D eigenvalue weighted by Crippen LogP contribution is 2.47. The van der Waals surface area contributed by atoms with E-state index in [4.69, 9.17) is 5.11 Å². The van der Waals surface area contributed by atoms with E-state index in [0.717, 1.165) is 18.4 Å². The summed E-state index contributed by atoms with van der Waals surface area (Å²) >= 11 is 0. The molecule has 0 aromatic heterocycles. The van der Waals surface area contributed by atoms with E-state index in [9.17, 15) is 14.7 Å². The molecule has 0 spiro atoms. The van der Waals surface area contributed by atoms with Gasteiger partial charge in [0.25, 0.3) is 5.91 Å². The number of aliphatic hydroxyl groups excluding tert-OH is 1. The highest BCUT2D eigenvalue weighted by atomic mass is 16.3. The summed E-state index contributed by atoms with van der Waals surface area (Å²) in [4.78, 5) is 29.5. The molecular formula is C26H30N2O4. The molecule has 1 fully saturated rings. The Kier molecular flexibility index (Phi) is 6.44. The molecule has 1 saturated heterocycles. The number of amides is 2. The number of fused-ring (bicyclic) bond motifs is 1. The smallest absolute Gasteiger partial charge is 0.264 e. The van der Waals surface area contributed by atoms with Crippen molar-refractivity contribution in [3.05, 3.63) is 71.8 Å². The second-order valence-electron chi connectivity index (χ2n) is 8.58. The molecule has 32 heavy (non-hydrogen) atoms. The highest BCUT2D eigenvalue weighted by Gasteiger charge is 2.52. The summed E-state index contributed by atoms with van der Waals surface area (Å²) in [5, 5.41) is 20.9. The Morgan fingerprint density at radius 1 is 1.12 bits per heavy atom. The first-order valence-electron chi connectivity index (χ1n) is 11.3. The molecule has 0 aliphatic carbocycles. The van der Waals surface area contributed by atoms with Crippen molar-refractivity contribution >= 4 is 23.2 Å². The minimum atomic E-state index is -1.75. The number of aliphatic hydroxyl groups is 2. The first kappa shape index (κ1) is 22.2. The van der Waals surface area contributed by atoms with Crippen LogP contribution in [0, 0.1) is 5.92 Å². The molecule has 0 radical (unpaired) electrons. The summed E-state index contributed by atoms with van der Waals surface area (Å²) in [6, 6.07) is 15.2. The molecule has 6 nitrogen and oxygen atoms in total. The van der Waals surface area contributed by atoms with Crippen molar-refractivity contribution in [2.24, 2.45) is 5.92 Å². The summed E-state index contributed by atoms with van der Waals surface area (Å²) in [6.45, 7) is 2.81. The van der Waals surface area contributed by atoms with Gasteiger partial charge in [-0.05, 0) is 43.0 Å². The topological polar surface area (TPSA) is 81.1 Å². The van der Waals surface area contributed by atoms with Gasteiger partial charge >= 0.3 is 0 Å². The summed E-state index contributed by atoms with van der Waals surface area (Å²) < 4.78 is 0. The normalized spacial score (nSPS) is 22.0. The third kappa shape index (κ3) is 3.96. The van der Waals surface area contributed by atoms with Gasteiger partial charge in [-0.15, -0.1) is 0 Å². The molecule has 2 aliphatic heterocycles. The standard InChI is InChI=1S/C26H30N2O4/c1-19(9-6-8-16-29)26(32)22-17-21(27-15-7-5-12-24(27)30)13-14-23(22)28(25(26)31)18-20-10-3-2-4-11-20/h2-4,6,9-11,13-14,17,19,29,32H,5,7-8,12,15-16,18H2,1H3/b9-6+/t19-,26+/m1/s1. The predicted molar refractivity (Wildman–Crippen MR) is 124 cm³/mol. The number of carbonyl (C=O) groups excluding carboxylic acids is 2. The van der Waals surface area contributed by atoms with Crippen LogP contribution in [0.4, 0.5) is 11.4 Å². The summed E-state index contributed by atoms with van der Waals surface area (Å²) in [5.41, 5.74) is 1.13. The number of hydrogen-bond acceptors (Lipinski definition) is 4. The van der Waals surface area contributed by atoms with Crippen molar-refractivity contribution in [1.82, 2.24) is 0 Å². The highest BCUT2D eigenvalue weighted by molar-refractivity contribution is 6.08. The lowest BCUT2D eigenvalue weighted by Crippen LogP contribution is -2.44. The van der Waals surface area contributed by atoms with Crippen LogP contribution in [0.1, 0.15) is 43.7 Å². The fourth-order valence-corrected chi connectivity index (χ4v) is 4.62. The first-order valence-corrected chi connectivity index (χ1v) is 11.3. The van der Waals surface area contributed by atoms with E-state index in [1.54, 1.807) is 34.9 Å². The quantitative estimate of drug-likeness (QED) is 0.654. The molecule has 2 amide bonds. The summed E-state index contributed by atoms with van der Waals surface area (Å²) in [7, 11) is 0. The molecule has 0 bridgehead atoms. The predicted octanol–water partition coefficient (Wildman–Crippen LogP) is 3.51. The third-order valence-electron chi connectivity index (χ3n) is 6.45. The van der Waals surface area contributed by atoms with E-state index in [1.807, 2.05) is 42.5 Å². The van der Waals surface area contributed by atoms with Crippen molar-refractivity contribution in [1.29, 1.82) is 0 Å². The van der Waals surface area contributed by atoms with Crippen molar-refractivity contribution in [2.45, 2.75) is 44.8 Å². The molecule has 2 atom stereocenters. The molecular weight excluding hydrogens is 404 g/mol. The Morgan fingerprint density at radius 2 is 1.91 bits per heavy atom. The molecule has 2 aliphatic rings. The summed E-state index contributed by atoms with van der Waals surface area (Å²) in [5.74, 6) is -0.811. The first-order chi connectivity index (χ1) is 15.5. The Balaban J connectivity index is 1.76. The fraction of sp³-hybridized carbons (Fsp3) is 0.385. The molecule has 2 heterocycles. The minimum absolute atomic E-state index is 0.00747. The van der Waals surface area contributed by atoms with E-state index in [1.165, 1.54) is 0 Å². The number of carbonyl (C=O) groups is 2. The van der Waals surface area contributed by atoms with E-state index in [2.05, 4.69) is 0 Å². The minimum Gasteiger partial charge on any atom is -0.396 e. The van der Waals surface area contributed by atoms with Crippen LogP contribution in [-0.2, 0) is 21.7 Å². The molecule has 6 heteroatoms. The molecule has 2 aromatic carbocycles. The van der Waals surface area contributed by atoms with E-state index in [0.29, 0.717) is 42.9 Å². The van der Waals surface area contributed by atoms with Gasteiger partial charge in [0.2, 0.25) is 5.91 Å². The lowest BCUT2D eigenvalue weighted by molar-refractivity contribution is -0.139. The number of anilines is 2. The largest absolute Gasteiger partial charge is 0.396 e. The lowest BCUT2D eigenvalue weighted by atomic mass is 9.82. The number of nitrogens with zero attached hydrogens (tertiary/aromatic N) is 2. The maximum Gasteiger partial charge on any atom is 0.264 e. The maximum absolute atomic E-state index is 13.6. The molecule has 2 aromatic rings. The van der Waals surface area contributed by atoms with Gasteiger partial charge in [-0.3, -0.25) is 9.59 Å². The average molecular weight is 435 g/mol. The van der Waals surface area contributed by atoms with Gasteiger partial charge in [-0.2, -0.15) is 0 Å². The van der Waals surface area contributed by atoms with Crippen LogP contribution >= 0.6 is 0 Å². The van der Waals surface area contributed by atoms with Crippen molar-refractivity contribution in [3.8, 4) is 0 Å². The van der Waals surface area contributed by atoms with Gasteiger partial charge in [-0.1, -0.05) is 49.4 Å². The second-order valence-corrected chi connectivity index (χ2v) is 8.58. The zero-order valence-corrected chi connectivity index (χ0v) is 18.4. The average Bonchev–Trinajstić information content (AvgIpc) is 3.02. The molecule has 0 unspecified atom stereocenters. The monoisotopic (exact) mass is 434 g/mol. The van der Waals surface area contributed by atoms with Crippen LogP contribution in [0.25, 0.3) is 0 Å². The Labute approximate surface area is 188 Å². The SMILES string of the molecule is C[C@H](/C=C/CCO)[C@@]1(O)C(=O)N(Cc2ccccc2)c2ccc(N3CCCCC3=O)cc21. The van der Waals surface area contributed by atoms with Crippen molar-refractivity contribution < 1.29 is 19.8 Å². The Bertz CT molecular complexity index is 1020. The zero-order valence-electron chi connectivity index (χ0n) is 18.4. The molecule has 4 rings (SSSR count). The second kappa shape index (κ2) is 9.27. The van der Waals surface area contributed by atoms with Gasteiger partial charge in [0, 0.05) is 36.7 Å². The van der Waals surface area contributed by atoms with Gasteiger partial charge in [0.1, 0.15) is 0 Å². The number of hydrogen-bond donors (Lipinski definition) is 2. The number of benzene rings is 2. The number of rotatable bonds is 7. The van der Waals surface area contributed by atoms with Crippen molar-refractivity contribution in [3.63, 3.8) is 0 Å². The van der Waals surface area contributed by atoms with Crippen molar-refractivity contribution in [2.75, 3.05) is 23.0 Å². The van der Waals surface area contributed by atoms with E-state index >= 15 is 0 Å². The van der Waals surface area contributed by atoms with Crippen LogP contribution in [0.2, 0.25) is 0 Å². The molecule has 168 valence electrons. The van der Waals surface area contributed by atoms with Gasteiger partial charge < -0.3 is 20.0 Å². The van der Waals surface area contributed by atoms with Gasteiger partial charge in [-0.25, -0.2) is 0 Å². The van der Waals surface area contributed by atoms with E-state index < -0.39 is 11.5 Å². The van der Waals surface area contributed by atoms with Gasteiger partial charge in [0.05, 0.1) is 12.2 Å². The van der Waals surface area contributed by atoms with Crippen LogP contribution in [0.3, 0.4) is 0 Å². The van der Waals surface area contributed by atoms with E-state index in [-0.39, 0.29) is 18.4 Å². The summed E-state index contributed by atoms with van der Waals surface area (Å²) in [6.07, 6.45) is 6.36. The van der Waals surface area contributed by atoms with Crippen LogP contribution < -0.4 is 9.80 Å². The zero-order chi connectivity index (χ0) is 22.7. The number of piperidine rings is 1. The van der Waals surface area contributed by atoms with Gasteiger partial charge in [0.15, 0.2) is 5.60 Å². The van der Waals surface area contributed by atoms with Crippen LogP contribution in [-0.4, -0.2) is 35.2 Å². The molecule has 2 N–H and O–H groups in total.